The summed E-state index contributed by atoms with van der Waals surface area (Å²) in [6.07, 6.45) is 22.2. The molecule has 3 nitrogen and oxygen atoms in total. The third-order valence-corrected chi connectivity index (χ3v) is 4.63. The molecule has 1 N–H and O–H groups in total. The van der Waals surface area contributed by atoms with Gasteiger partial charge in [-0.05, 0) is 25.7 Å². The van der Waals surface area contributed by atoms with Crippen molar-refractivity contribution in [3.8, 4) is 0 Å². The minimum absolute atomic E-state index is 0.0694. The van der Waals surface area contributed by atoms with Crippen LogP contribution in [0.1, 0.15) is 110 Å². The second kappa shape index (κ2) is 22.7. The molecule has 0 saturated carbocycles. The van der Waals surface area contributed by atoms with Gasteiger partial charge in [-0.3, -0.25) is 0 Å². The minimum atomic E-state index is -0.0694. The van der Waals surface area contributed by atoms with Crippen molar-refractivity contribution in [1.29, 1.82) is 0 Å². The third-order valence-electron chi connectivity index (χ3n) is 4.63. The third kappa shape index (κ3) is 19.9. The normalized spacial score (nSPS) is 11.8. The van der Waals surface area contributed by atoms with Crippen LogP contribution in [0.15, 0.2) is 12.2 Å². The van der Waals surface area contributed by atoms with Gasteiger partial charge in [0, 0.05) is 26.2 Å². The van der Waals surface area contributed by atoms with Crippen molar-refractivity contribution in [2.75, 3.05) is 19.8 Å². The molecule has 0 aliphatic rings. The minimum Gasteiger partial charge on any atom is -0.396 e. The van der Waals surface area contributed by atoms with Crippen LogP contribution in [0.3, 0.4) is 0 Å². The lowest BCUT2D eigenvalue weighted by Gasteiger charge is -2.18. The van der Waals surface area contributed by atoms with Gasteiger partial charge in [0.1, 0.15) is 0 Å². The molecule has 0 amide bonds. The van der Waals surface area contributed by atoms with E-state index in [1.165, 1.54) is 64.2 Å². The van der Waals surface area contributed by atoms with Crippen LogP contribution in [0.5, 0.6) is 0 Å². The summed E-state index contributed by atoms with van der Waals surface area (Å²) in [5, 5.41) is 8.82. The Balaban J connectivity index is 3.82. The van der Waals surface area contributed by atoms with E-state index in [0.717, 1.165) is 45.3 Å². The fraction of sp³-hybridized carbons (Fsp3) is 0.913. The highest BCUT2D eigenvalue weighted by Crippen LogP contribution is 2.11. The van der Waals surface area contributed by atoms with Gasteiger partial charge in [0.2, 0.25) is 0 Å². The Hall–Kier alpha value is -0.380. The Bertz CT molecular complexity index is 261. The zero-order valence-electron chi connectivity index (χ0n) is 17.7. The average molecular weight is 371 g/mol. The fourth-order valence-corrected chi connectivity index (χ4v) is 2.95. The molecule has 0 unspecified atom stereocenters. The van der Waals surface area contributed by atoms with Crippen LogP contribution in [-0.4, -0.2) is 31.2 Å². The van der Waals surface area contributed by atoms with E-state index in [4.69, 9.17) is 14.6 Å². The van der Waals surface area contributed by atoms with Crippen LogP contribution >= 0.6 is 0 Å². The van der Waals surface area contributed by atoms with Gasteiger partial charge in [0.25, 0.3) is 0 Å². The van der Waals surface area contributed by atoms with Crippen molar-refractivity contribution >= 4 is 0 Å². The van der Waals surface area contributed by atoms with E-state index >= 15 is 0 Å². The van der Waals surface area contributed by atoms with Crippen LogP contribution in [0.2, 0.25) is 0 Å². The predicted molar refractivity (Wildman–Crippen MR) is 113 cm³/mol. The quantitative estimate of drug-likeness (QED) is 0.137. The summed E-state index contributed by atoms with van der Waals surface area (Å²) in [6, 6.07) is 0. The summed E-state index contributed by atoms with van der Waals surface area (Å²) < 4.78 is 12.0. The number of ether oxygens (including phenoxy) is 2. The van der Waals surface area contributed by atoms with E-state index in [9.17, 15) is 0 Å². The van der Waals surface area contributed by atoms with Crippen molar-refractivity contribution in [2.24, 2.45) is 0 Å². The molecular weight excluding hydrogens is 324 g/mol. The van der Waals surface area contributed by atoms with Gasteiger partial charge in [-0.25, -0.2) is 0 Å². The van der Waals surface area contributed by atoms with Crippen molar-refractivity contribution < 1.29 is 14.6 Å². The summed E-state index contributed by atoms with van der Waals surface area (Å²) in [4.78, 5) is 0. The van der Waals surface area contributed by atoms with Crippen LogP contribution in [0.25, 0.3) is 0 Å². The van der Waals surface area contributed by atoms with E-state index in [-0.39, 0.29) is 12.9 Å². The van der Waals surface area contributed by atoms with Crippen LogP contribution in [0, 0.1) is 0 Å². The molecule has 0 fully saturated rings. The molecule has 156 valence electrons. The number of hydrogen-bond acceptors (Lipinski definition) is 3. The van der Waals surface area contributed by atoms with Gasteiger partial charge in [-0.15, -0.1) is 0 Å². The van der Waals surface area contributed by atoms with Gasteiger partial charge in [0.05, 0.1) is 0 Å². The lowest BCUT2D eigenvalue weighted by molar-refractivity contribution is -0.146. The highest BCUT2D eigenvalue weighted by Gasteiger charge is 2.08. The van der Waals surface area contributed by atoms with Gasteiger partial charge >= 0.3 is 0 Å². The molecule has 0 saturated heterocycles. The van der Waals surface area contributed by atoms with Gasteiger partial charge < -0.3 is 14.6 Å². The molecule has 0 aromatic carbocycles. The Morgan fingerprint density at radius 1 is 0.654 bits per heavy atom. The highest BCUT2D eigenvalue weighted by atomic mass is 16.7. The van der Waals surface area contributed by atoms with Crippen LogP contribution < -0.4 is 0 Å². The lowest BCUT2D eigenvalue weighted by Crippen LogP contribution is -2.18. The van der Waals surface area contributed by atoms with Crippen molar-refractivity contribution in [3.05, 3.63) is 12.2 Å². The van der Waals surface area contributed by atoms with E-state index in [0.29, 0.717) is 0 Å². The number of rotatable bonds is 21. The lowest BCUT2D eigenvalue weighted by atomic mass is 10.1. The zero-order valence-corrected chi connectivity index (χ0v) is 17.7. The van der Waals surface area contributed by atoms with E-state index < -0.39 is 0 Å². The number of aliphatic hydroxyl groups is 1. The topological polar surface area (TPSA) is 38.7 Å². The molecular formula is C23H46O3. The van der Waals surface area contributed by atoms with Crippen LogP contribution in [0.4, 0.5) is 0 Å². The molecule has 0 rings (SSSR count). The second-order valence-corrected chi connectivity index (χ2v) is 7.27. The Morgan fingerprint density at radius 2 is 1.12 bits per heavy atom. The second-order valence-electron chi connectivity index (χ2n) is 7.27. The number of unbranched alkanes of at least 4 members (excludes halogenated alkanes) is 10. The first-order valence-electron chi connectivity index (χ1n) is 11.3. The van der Waals surface area contributed by atoms with Crippen LogP contribution in [-0.2, 0) is 9.47 Å². The molecule has 0 spiro atoms. The maximum atomic E-state index is 8.82. The molecule has 0 aliphatic carbocycles. The molecule has 0 radical (unpaired) electrons. The Morgan fingerprint density at radius 3 is 1.62 bits per heavy atom. The molecule has 0 aliphatic heterocycles. The monoisotopic (exact) mass is 370 g/mol. The zero-order chi connectivity index (χ0) is 19.1. The molecule has 0 aromatic heterocycles. The first-order chi connectivity index (χ1) is 12.8. The highest BCUT2D eigenvalue weighted by molar-refractivity contribution is 4.81. The molecule has 0 bridgehead atoms. The summed E-state index contributed by atoms with van der Waals surface area (Å²) in [7, 11) is 0. The first-order valence-corrected chi connectivity index (χ1v) is 11.3. The summed E-state index contributed by atoms with van der Waals surface area (Å²) in [5.41, 5.74) is 0. The van der Waals surface area contributed by atoms with Gasteiger partial charge in [0.15, 0.2) is 6.29 Å². The standard InChI is InChI=1S/C23H46O3/c1-3-5-7-9-13-17-21-25-23(19-15-11-12-16-20-24)26-22-18-14-10-8-6-4-2/h11-12,23-24H,3-10,13-22H2,1-2H3/b12-11+. The van der Waals surface area contributed by atoms with Crippen molar-refractivity contribution in [1.82, 2.24) is 0 Å². The molecule has 0 heterocycles. The average Bonchev–Trinajstić information content (AvgIpc) is 2.65. The van der Waals surface area contributed by atoms with E-state index in [1.54, 1.807) is 0 Å². The molecule has 3 heteroatoms. The van der Waals surface area contributed by atoms with Gasteiger partial charge in [-0.2, -0.15) is 0 Å². The first kappa shape index (κ1) is 25.6. The number of allylic oxidation sites excluding steroid dienone is 1. The fourth-order valence-electron chi connectivity index (χ4n) is 2.95. The maximum absolute atomic E-state index is 8.82. The summed E-state index contributed by atoms with van der Waals surface area (Å²) in [6.45, 7) is 6.36. The summed E-state index contributed by atoms with van der Waals surface area (Å²) in [5.74, 6) is 0. The Labute approximate surface area is 163 Å². The maximum Gasteiger partial charge on any atom is 0.157 e. The largest absolute Gasteiger partial charge is 0.396 e. The smallest absolute Gasteiger partial charge is 0.157 e. The molecule has 26 heavy (non-hydrogen) atoms. The van der Waals surface area contributed by atoms with Gasteiger partial charge in [-0.1, -0.05) is 90.2 Å². The Kier molecular flexibility index (Phi) is 22.3. The molecule has 0 aromatic rings. The van der Waals surface area contributed by atoms with E-state index in [1.807, 2.05) is 6.08 Å². The number of aliphatic hydroxyl groups excluding tert-OH is 1. The number of hydrogen-bond donors (Lipinski definition) is 1. The van der Waals surface area contributed by atoms with Crippen molar-refractivity contribution in [2.45, 2.75) is 116 Å². The predicted octanol–water partition coefficient (Wildman–Crippen LogP) is 6.79. The summed E-state index contributed by atoms with van der Waals surface area (Å²) >= 11 is 0. The SMILES string of the molecule is CCCCCCCCOC(CC/C=C/CCO)OCCCCCCCC. The van der Waals surface area contributed by atoms with Crippen molar-refractivity contribution in [3.63, 3.8) is 0 Å². The van der Waals surface area contributed by atoms with E-state index in [2.05, 4.69) is 19.9 Å². The molecule has 0 atom stereocenters.